The summed E-state index contributed by atoms with van der Waals surface area (Å²) in [7, 11) is 0. The van der Waals surface area contributed by atoms with Gasteiger partial charge >= 0.3 is 0 Å². The zero-order valence-electron chi connectivity index (χ0n) is 9.11. The fraction of sp³-hybridized carbons (Fsp3) is 0.0833. The first-order chi connectivity index (χ1) is 8.16. The third-order valence-electron chi connectivity index (χ3n) is 2.72. The van der Waals surface area contributed by atoms with Crippen molar-refractivity contribution in [2.24, 2.45) is 0 Å². The number of pyridine rings is 1. The molecule has 2 aromatic heterocycles. The van der Waals surface area contributed by atoms with E-state index < -0.39 is 0 Å². The third-order valence-corrected chi connectivity index (χ3v) is 3.47. The van der Waals surface area contributed by atoms with Crippen LogP contribution in [0, 0.1) is 6.92 Å². The lowest BCUT2D eigenvalue weighted by Gasteiger charge is -2.06. The minimum Gasteiger partial charge on any atom is -0.383 e. The largest absolute Gasteiger partial charge is 0.383 e. The summed E-state index contributed by atoms with van der Waals surface area (Å²) in [6, 6.07) is 3.98. The molecule has 0 radical (unpaired) electrons. The molecule has 0 aliphatic carbocycles. The number of aromatic nitrogens is 3. The van der Waals surface area contributed by atoms with Crippen molar-refractivity contribution in [2.75, 3.05) is 5.73 Å². The van der Waals surface area contributed by atoms with E-state index in [2.05, 4.69) is 30.9 Å². The van der Waals surface area contributed by atoms with E-state index in [4.69, 9.17) is 5.73 Å². The minimum atomic E-state index is 0.543. The molecule has 0 unspecified atom stereocenters. The molecule has 0 aliphatic heterocycles. The number of benzene rings is 1. The lowest BCUT2D eigenvalue weighted by molar-refractivity contribution is 1.28. The van der Waals surface area contributed by atoms with Crippen LogP contribution in [0.4, 0.5) is 5.82 Å². The fourth-order valence-corrected chi connectivity index (χ4v) is 2.44. The molecule has 0 fully saturated rings. The highest BCUT2D eigenvalue weighted by Crippen LogP contribution is 2.30. The molecule has 3 rings (SSSR count). The SMILES string of the molecule is Cc1cc2cc3nccnc3c(Br)c2nc1N. The molecule has 1 aromatic carbocycles. The van der Waals surface area contributed by atoms with E-state index in [9.17, 15) is 0 Å². The number of anilines is 1. The summed E-state index contributed by atoms with van der Waals surface area (Å²) in [6.07, 6.45) is 3.34. The van der Waals surface area contributed by atoms with Gasteiger partial charge in [-0.05, 0) is 40.5 Å². The number of rotatable bonds is 0. The molecule has 0 aliphatic rings. The van der Waals surface area contributed by atoms with Crippen LogP contribution in [0.5, 0.6) is 0 Å². The second kappa shape index (κ2) is 3.63. The molecule has 0 bridgehead atoms. The van der Waals surface area contributed by atoms with Crippen LogP contribution in [0.2, 0.25) is 0 Å². The summed E-state index contributed by atoms with van der Waals surface area (Å²) in [6.45, 7) is 1.94. The first-order valence-electron chi connectivity index (χ1n) is 5.13. The van der Waals surface area contributed by atoms with Gasteiger partial charge in [0.1, 0.15) is 11.3 Å². The molecule has 17 heavy (non-hydrogen) atoms. The van der Waals surface area contributed by atoms with E-state index in [0.717, 1.165) is 32.0 Å². The van der Waals surface area contributed by atoms with Gasteiger partial charge in [-0.15, -0.1) is 0 Å². The molecule has 0 saturated heterocycles. The first kappa shape index (κ1) is 10.4. The van der Waals surface area contributed by atoms with Gasteiger partial charge in [-0.1, -0.05) is 0 Å². The second-order valence-electron chi connectivity index (χ2n) is 3.88. The van der Waals surface area contributed by atoms with Crippen molar-refractivity contribution in [2.45, 2.75) is 6.92 Å². The summed E-state index contributed by atoms with van der Waals surface area (Å²) in [4.78, 5) is 13.0. The van der Waals surface area contributed by atoms with Gasteiger partial charge in [0.15, 0.2) is 0 Å². The Morgan fingerprint density at radius 3 is 2.71 bits per heavy atom. The Kier molecular flexibility index (Phi) is 2.22. The van der Waals surface area contributed by atoms with Crippen LogP contribution in [0.25, 0.3) is 21.9 Å². The van der Waals surface area contributed by atoms with Crippen molar-refractivity contribution in [1.29, 1.82) is 0 Å². The average Bonchev–Trinajstić information content (AvgIpc) is 2.32. The summed E-state index contributed by atoms with van der Waals surface area (Å²) in [5.74, 6) is 0.543. The molecule has 0 spiro atoms. The molecule has 0 atom stereocenters. The van der Waals surface area contributed by atoms with Crippen molar-refractivity contribution in [3.8, 4) is 0 Å². The minimum absolute atomic E-state index is 0.543. The van der Waals surface area contributed by atoms with E-state index in [1.165, 1.54) is 0 Å². The Labute approximate surface area is 106 Å². The zero-order valence-corrected chi connectivity index (χ0v) is 10.7. The molecule has 84 valence electrons. The lowest BCUT2D eigenvalue weighted by atomic mass is 10.1. The molecule has 2 heterocycles. The highest BCUT2D eigenvalue weighted by atomic mass is 79.9. The lowest BCUT2D eigenvalue weighted by Crippen LogP contribution is -1.96. The maximum absolute atomic E-state index is 5.83. The van der Waals surface area contributed by atoms with Gasteiger partial charge in [0.25, 0.3) is 0 Å². The summed E-state index contributed by atoms with van der Waals surface area (Å²) < 4.78 is 0.838. The van der Waals surface area contributed by atoms with E-state index in [0.29, 0.717) is 5.82 Å². The Morgan fingerprint density at radius 2 is 1.88 bits per heavy atom. The van der Waals surface area contributed by atoms with Gasteiger partial charge in [0.2, 0.25) is 0 Å². The van der Waals surface area contributed by atoms with Crippen molar-refractivity contribution in [3.63, 3.8) is 0 Å². The van der Waals surface area contributed by atoms with Crippen LogP contribution in [0.1, 0.15) is 5.56 Å². The van der Waals surface area contributed by atoms with E-state index in [1.54, 1.807) is 12.4 Å². The Hall–Kier alpha value is -1.75. The monoisotopic (exact) mass is 288 g/mol. The molecule has 0 saturated carbocycles. The molecular weight excluding hydrogens is 280 g/mol. The van der Waals surface area contributed by atoms with Crippen molar-refractivity contribution in [3.05, 3.63) is 34.6 Å². The fourth-order valence-electron chi connectivity index (χ4n) is 1.82. The smallest absolute Gasteiger partial charge is 0.127 e. The maximum Gasteiger partial charge on any atom is 0.127 e. The predicted octanol–water partition coefficient (Wildman–Crippen LogP) is 2.83. The van der Waals surface area contributed by atoms with Gasteiger partial charge in [-0.3, -0.25) is 9.97 Å². The van der Waals surface area contributed by atoms with Crippen molar-refractivity contribution >= 4 is 43.7 Å². The number of hydrogen-bond acceptors (Lipinski definition) is 4. The van der Waals surface area contributed by atoms with E-state index >= 15 is 0 Å². The van der Waals surface area contributed by atoms with Gasteiger partial charge < -0.3 is 5.73 Å². The van der Waals surface area contributed by atoms with Crippen LogP contribution in [-0.4, -0.2) is 15.0 Å². The molecule has 4 nitrogen and oxygen atoms in total. The molecule has 2 N–H and O–H groups in total. The maximum atomic E-state index is 5.83. The number of aryl methyl sites for hydroxylation is 1. The van der Waals surface area contributed by atoms with Gasteiger partial charge in [-0.25, -0.2) is 4.98 Å². The number of halogens is 1. The highest BCUT2D eigenvalue weighted by molar-refractivity contribution is 9.10. The zero-order chi connectivity index (χ0) is 12.0. The number of nitrogens with zero attached hydrogens (tertiary/aromatic N) is 3. The van der Waals surface area contributed by atoms with E-state index in [-0.39, 0.29) is 0 Å². The summed E-state index contributed by atoms with van der Waals surface area (Å²) >= 11 is 3.52. The summed E-state index contributed by atoms with van der Waals surface area (Å²) in [5.41, 5.74) is 9.26. The number of fused-ring (bicyclic) bond motifs is 2. The number of nitrogen functional groups attached to an aromatic ring is 1. The van der Waals surface area contributed by atoms with Crippen LogP contribution in [-0.2, 0) is 0 Å². The van der Waals surface area contributed by atoms with Gasteiger partial charge in [-0.2, -0.15) is 0 Å². The number of nitrogens with two attached hydrogens (primary N) is 1. The molecule has 5 heteroatoms. The third kappa shape index (κ3) is 1.54. The molecule has 0 amide bonds. The van der Waals surface area contributed by atoms with Crippen LogP contribution >= 0.6 is 15.9 Å². The first-order valence-corrected chi connectivity index (χ1v) is 5.92. The summed E-state index contributed by atoms with van der Waals surface area (Å²) in [5, 5.41) is 1.01. The normalized spacial score (nSPS) is 11.2. The number of hydrogen-bond donors (Lipinski definition) is 1. The van der Waals surface area contributed by atoms with Crippen molar-refractivity contribution in [1.82, 2.24) is 15.0 Å². The topological polar surface area (TPSA) is 64.7 Å². The van der Waals surface area contributed by atoms with Crippen LogP contribution in [0.3, 0.4) is 0 Å². The van der Waals surface area contributed by atoms with Gasteiger partial charge in [0.05, 0.1) is 15.5 Å². The molecular formula is C12H9BrN4. The Balaban J connectivity index is 2.55. The average molecular weight is 289 g/mol. The van der Waals surface area contributed by atoms with E-state index in [1.807, 2.05) is 19.1 Å². The Bertz CT molecular complexity index is 739. The van der Waals surface area contributed by atoms with Gasteiger partial charge in [0, 0.05) is 17.8 Å². The quantitative estimate of drug-likeness (QED) is 0.646. The second-order valence-corrected chi connectivity index (χ2v) is 4.67. The molecule has 3 aromatic rings. The van der Waals surface area contributed by atoms with Crippen molar-refractivity contribution < 1.29 is 0 Å². The standard InChI is InChI=1S/C12H9BrN4/c1-6-4-7-5-8-11(16-3-2-15-8)9(13)10(7)17-12(6)14/h2-5H,1H3,(H2,14,17). The predicted molar refractivity (Wildman–Crippen MR) is 71.7 cm³/mol. The highest BCUT2D eigenvalue weighted by Gasteiger charge is 2.09. The van der Waals surface area contributed by atoms with Crippen LogP contribution in [0.15, 0.2) is 29.0 Å². The Morgan fingerprint density at radius 1 is 1.12 bits per heavy atom. The van der Waals surface area contributed by atoms with Crippen LogP contribution < -0.4 is 5.73 Å².